The van der Waals surface area contributed by atoms with E-state index in [2.05, 4.69) is 5.32 Å². The molecule has 6 nitrogen and oxygen atoms in total. The number of carbonyl (C=O) groups is 2. The minimum absolute atomic E-state index is 0.00100. The molecular formula is C12H22N2O4. The van der Waals surface area contributed by atoms with Crippen molar-refractivity contribution in [3.05, 3.63) is 0 Å². The summed E-state index contributed by atoms with van der Waals surface area (Å²) in [5, 5.41) is 11.7. The van der Waals surface area contributed by atoms with Crippen LogP contribution >= 0.6 is 0 Å². The van der Waals surface area contributed by atoms with Gasteiger partial charge in [-0.15, -0.1) is 0 Å². The lowest BCUT2D eigenvalue weighted by atomic mass is 10.1. The second-order valence-electron chi connectivity index (χ2n) is 4.51. The van der Waals surface area contributed by atoms with Crippen molar-refractivity contribution < 1.29 is 19.4 Å². The number of ether oxygens (including phenoxy) is 1. The third-order valence-corrected chi connectivity index (χ3v) is 3.16. The van der Waals surface area contributed by atoms with Crippen molar-refractivity contribution in [3.63, 3.8) is 0 Å². The van der Waals surface area contributed by atoms with Crippen LogP contribution in [0.2, 0.25) is 0 Å². The quantitative estimate of drug-likeness (QED) is 0.637. The molecule has 1 aliphatic rings. The van der Waals surface area contributed by atoms with Gasteiger partial charge in [0.15, 0.2) is 0 Å². The van der Waals surface area contributed by atoms with Gasteiger partial charge in [-0.3, -0.25) is 9.59 Å². The maximum Gasteiger partial charge on any atom is 0.225 e. The van der Waals surface area contributed by atoms with Crippen LogP contribution in [0.1, 0.15) is 19.8 Å². The number of nitrogens with one attached hydrogen (secondary N) is 1. The minimum Gasteiger partial charge on any atom is -0.396 e. The second-order valence-corrected chi connectivity index (χ2v) is 4.51. The maximum absolute atomic E-state index is 12.0. The van der Waals surface area contributed by atoms with Gasteiger partial charge in [0.1, 0.15) is 0 Å². The van der Waals surface area contributed by atoms with Crippen molar-refractivity contribution >= 4 is 11.8 Å². The normalized spacial score (nSPS) is 21.2. The first-order chi connectivity index (χ1) is 8.62. The van der Waals surface area contributed by atoms with Gasteiger partial charge in [0.25, 0.3) is 0 Å². The summed E-state index contributed by atoms with van der Waals surface area (Å²) < 4.78 is 4.98. The molecule has 0 aliphatic carbocycles. The minimum atomic E-state index is -0.282. The molecule has 0 aromatic rings. The van der Waals surface area contributed by atoms with Crippen LogP contribution < -0.4 is 5.32 Å². The van der Waals surface area contributed by atoms with E-state index >= 15 is 0 Å². The first-order valence-corrected chi connectivity index (χ1v) is 6.30. The van der Waals surface area contributed by atoms with Crippen molar-refractivity contribution in [3.8, 4) is 0 Å². The maximum atomic E-state index is 12.0. The van der Waals surface area contributed by atoms with E-state index in [4.69, 9.17) is 9.84 Å². The predicted octanol–water partition coefficient (Wildman–Crippen LogP) is -0.632. The third kappa shape index (κ3) is 3.96. The average molecular weight is 258 g/mol. The molecule has 1 rings (SSSR count). The van der Waals surface area contributed by atoms with Crippen LogP contribution in [-0.4, -0.2) is 61.3 Å². The molecule has 2 N–H and O–H groups in total. The van der Waals surface area contributed by atoms with E-state index in [1.807, 2.05) is 6.92 Å². The monoisotopic (exact) mass is 258 g/mol. The van der Waals surface area contributed by atoms with Crippen molar-refractivity contribution in [1.82, 2.24) is 10.2 Å². The molecule has 2 amide bonds. The number of methoxy groups -OCH3 is 1. The molecule has 0 bridgehead atoms. The van der Waals surface area contributed by atoms with Gasteiger partial charge in [0.2, 0.25) is 11.8 Å². The summed E-state index contributed by atoms with van der Waals surface area (Å²) in [6, 6.07) is -0.196. The summed E-state index contributed by atoms with van der Waals surface area (Å²) in [7, 11) is 1.55. The van der Waals surface area contributed by atoms with E-state index in [-0.39, 0.29) is 36.8 Å². The second kappa shape index (κ2) is 7.33. The number of likely N-dealkylation sites (tertiary alicyclic amines) is 1. The number of hydrogen-bond donors (Lipinski definition) is 2. The lowest BCUT2D eigenvalue weighted by molar-refractivity contribution is -0.129. The van der Waals surface area contributed by atoms with E-state index in [1.165, 1.54) is 0 Å². The standard InChI is InChI=1S/C12H22N2O4/c1-3-14-7-9(6-11(14)16)12(17)13-10(4-5-15)8-18-2/h9-10,15H,3-8H2,1-2H3,(H,13,17). The molecule has 2 atom stereocenters. The van der Waals surface area contributed by atoms with Gasteiger partial charge in [-0.05, 0) is 13.3 Å². The molecule has 6 heteroatoms. The molecule has 0 saturated carbocycles. The van der Waals surface area contributed by atoms with Gasteiger partial charge in [-0.1, -0.05) is 0 Å². The highest BCUT2D eigenvalue weighted by molar-refractivity contribution is 5.89. The van der Waals surface area contributed by atoms with Crippen LogP contribution in [0.15, 0.2) is 0 Å². The zero-order valence-corrected chi connectivity index (χ0v) is 11.0. The summed E-state index contributed by atoms with van der Waals surface area (Å²) >= 11 is 0. The topological polar surface area (TPSA) is 78.9 Å². The highest BCUT2D eigenvalue weighted by Crippen LogP contribution is 2.17. The van der Waals surface area contributed by atoms with Crippen LogP contribution in [0.4, 0.5) is 0 Å². The Morgan fingerprint density at radius 3 is 2.89 bits per heavy atom. The molecular weight excluding hydrogens is 236 g/mol. The summed E-state index contributed by atoms with van der Waals surface area (Å²) in [5.74, 6) is -0.381. The summed E-state index contributed by atoms with van der Waals surface area (Å²) in [6.45, 7) is 3.39. The van der Waals surface area contributed by atoms with Crippen molar-refractivity contribution in [2.75, 3.05) is 33.4 Å². The molecule has 0 aromatic heterocycles. The lowest BCUT2D eigenvalue weighted by Gasteiger charge is -2.19. The van der Waals surface area contributed by atoms with Crippen LogP contribution in [0.3, 0.4) is 0 Å². The molecule has 1 saturated heterocycles. The van der Waals surface area contributed by atoms with Crippen LogP contribution in [0.25, 0.3) is 0 Å². The predicted molar refractivity (Wildman–Crippen MR) is 65.9 cm³/mol. The van der Waals surface area contributed by atoms with Crippen molar-refractivity contribution in [2.24, 2.45) is 5.92 Å². The largest absolute Gasteiger partial charge is 0.396 e. The lowest BCUT2D eigenvalue weighted by Crippen LogP contribution is -2.42. The van der Waals surface area contributed by atoms with Gasteiger partial charge in [0, 0.05) is 33.2 Å². The number of aliphatic hydroxyl groups is 1. The number of nitrogens with zero attached hydrogens (tertiary/aromatic N) is 1. The first-order valence-electron chi connectivity index (χ1n) is 6.30. The Bertz CT molecular complexity index is 290. The number of amides is 2. The van der Waals surface area contributed by atoms with Gasteiger partial charge in [-0.25, -0.2) is 0 Å². The zero-order valence-electron chi connectivity index (χ0n) is 11.0. The molecule has 0 radical (unpaired) electrons. The summed E-state index contributed by atoms with van der Waals surface area (Å²) in [5.41, 5.74) is 0. The highest BCUT2D eigenvalue weighted by atomic mass is 16.5. The fourth-order valence-electron chi connectivity index (χ4n) is 2.13. The molecule has 18 heavy (non-hydrogen) atoms. The number of hydrogen-bond acceptors (Lipinski definition) is 4. The molecule has 0 spiro atoms. The van der Waals surface area contributed by atoms with E-state index in [0.29, 0.717) is 26.1 Å². The van der Waals surface area contributed by atoms with Crippen LogP contribution in [0, 0.1) is 5.92 Å². The van der Waals surface area contributed by atoms with Crippen LogP contribution in [-0.2, 0) is 14.3 Å². The number of rotatable bonds is 7. The Morgan fingerprint density at radius 2 is 2.39 bits per heavy atom. The Kier molecular flexibility index (Phi) is 6.07. The molecule has 104 valence electrons. The first kappa shape index (κ1) is 14.9. The van der Waals surface area contributed by atoms with Gasteiger partial charge < -0.3 is 20.1 Å². The van der Waals surface area contributed by atoms with E-state index in [9.17, 15) is 9.59 Å². The van der Waals surface area contributed by atoms with Gasteiger partial charge in [-0.2, -0.15) is 0 Å². The molecule has 1 heterocycles. The zero-order chi connectivity index (χ0) is 13.5. The number of aliphatic hydroxyl groups excluding tert-OH is 1. The fraction of sp³-hybridized carbons (Fsp3) is 0.833. The van der Waals surface area contributed by atoms with Crippen molar-refractivity contribution in [2.45, 2.75) is 25.8 Å². The molecule has 1 fully saturated rings. The number of carbonyl (C=O) groups excluding carboxylic acids is 2. The average Bonchev–Trinajstić information content (AvgIpc) is 2.71. The Morgan fingerprint density at radius 1 is 1.67 bits per heavy atom. The Hall–Kier alpha value is -1.14. The summed E-state index contributed by atoms with van der Waals surface area (Å²) in [6.07, 6.45) is 0.732. The third-order valence-electron chi connectivity index (χ3n) is 3.16. The van der Waals surface area contributed by atoms with Gasteiger partial charge in [0.05, 0.1) is 18.6 Å². The Labute approximate surface area is 107 Å². The molecule has 2 unspecified atom stereocenters. The van der Waals surface area contributed by atoms with Gasteiger partial charge >= 0.3 is 0 Å². The Balaban J connectivity index is 2.47. The molecule has 0 aromatic carbocycles. The fourth-order valence-corrected chi connectivity index (χ4v) is 2.13. The summed E-state index contributed by atoms with van der Waals surface area (Å²) in [4.78, 5) is 25.2. The van der Waals surface area contributed by atoms with E-state index < -0.39 is 0 Å². The highest BCUT2D eigenvalue weighted by Gasteiger charge is 2.33. The molecule has 1 aliphatic heterocycles. The van der Waals surface area contributed by atoms with Crippen molar-refractivity contribution in [1.29, 1.82) is 0 Å². The SMILES string of the molecule is CCN1CC(C(=O)NC(CCO)COC)CC1=O. The van der Waals surface area contributed by atoms with E-state index in [0.717, 1.165) is 0 Å². The smallest absolute Gasteiger partial charge is 0.225 e. The van der Waals surface area contributed by atoms with Crippen LogP contribution in [0.5, 0.6) is 0 Å². The van der Waals surface area contributed by atoms with E-state index in [1.54, 1.807) is 12.0 Å².